The van der Waals surface area contributed by atoms with Gasteiger partial charge in [0.2, 0.25) is 0 Å². The lowest BCUT2D eigenvalue weighted by atomic mass is 9.87. The molecule has 0 bridgehead atoms. The zero-order chi connectivity index (χ0) is 10.8. The fourth-order valence-corrected chi connectivity index (χ4v) is 1.38. The Bertz CT molecular complexity index is 284. The van der Waals surface area contributed by atoms with Gasteiger partial charge in [0, 0.05) is 0 Å². The number of hydrogen-bond donors (Lipinski definition) is 1. The van der Waals surface area contributed by atoms with E-state index < -0.39 is 6.10 Å². The van der Waals surface area contributed by atoms with Crippen LogP contribution in [0, 0.1) is 11.2 Å². The fraction of sp³-hybridized carbons (Fsp3) is 0.500. The van der Waals surface area contributed by atoms with Crippen LogP contribution in [0.25, 0.3) is 0 Å². The first-order chi connectivity index (χ1) is 6.38. The first-order valence-electron chi connectivity index (χ1n) is 4.82. The van der Waals surface area contributed by atoms with Gasteiger partial charge in [-0.2, -0.15) is 0 Å². The van der Waals surface area contributed by atoms with Gasteiger partial charge in [-0.25, -0.2) is 4.39 Å². The predicted molar refractivity (Wildman–Crippen MR) is 55.4 cm³/mol. The van der Waals surface area contributed by atoms with Crippen molar-refractivity contribution < 1.29 is 9.50 Å². The smallest absolute Gasteiger partial charge is 0.123 e. The van der Waals surface area contributed by atoms with Gasteiger partial charge < -0.3 is 5.11 Å². The van der Waals surface area contributed by atoms with Crippen molar-refractivity contribution in [2.75, 3.05) is 0 Å². The summed E-state index contributed by atoms with van der Waals surface area (Å²) in [7, 11) is 0. The van der Waals surface area contributed by atoms with Crippen LogP contribution in [0.4, 0.5) is 4.39 Å². The zero-order valence-corrected chi connectivity index (χ0v) is 8.92. The van der Waals surface area contributed by atoms with Crippen molar-refractivity contribution in [3.8, 4) is 0 Å². The number of aliphatic hydroxyl groups excluding tert-OH is 1. The summed E-state index contributed by atoms with van der Waals surface area (Å²) in [5.74, 6) is -0.267. The van der Waals surface area contributed by atoms with Crippen LogP contribution in [0.5, 0.6) is 0 Å². The molecule has 1 nitrogen and oxygen atoms in total. The molecule has 1 aromatic carbocycles. The molecule has 78 valence electrons. The SMILES string of the molecule is CC(C)(C)CC(O)c1ccc(F)cc1. The maximum Gasteiger partial charge on any atom is 0.123 e. The molecule has 0 aliphatic heterocycles. The Morgan fingerprint density at radius 3 is 2.14 bits per heavy atom. The number of halogens is 1. The molecule has 0 saturated carbocycles. The summed E-state index contributed by atoms with van der Waals surface area (Å²) in [5.41, 5.74) is 0.856. The second kappa shape index (κ2) is 4.09. The molecule has 14 heavy (non-hydrogen) atoms. The Balaban J connectivity index is 2.70. The van der Waals surface area contributed by atoms with Crippen molar-refractivity contribution in [1.82, 2.24) is 0 Å². The zero-order valence-electron chi connectivity index (χ0n) is 8.92. The molecule has 1 unspecified atom stereocenters. The highest BCUT2D eigenvalue weighted by Gasteiger charge is 2.17. The first-order valence-corrected chi connectivity index (χ1v) is 4.82. The van der Waals surface area contributed by atoms with Crippen LogP contribution in [0.15, 0.2) is 24.3 Å². The minimum absolute atomic E-state index is 0.0772. The van der Waals surface area contributed by atoms with E-state index >= 15 is 0 Å². The second-order valence-electron chi connectivity index (χ2n) is 4.83. The first kappa shape index (κ1) is 11.2. The van der Waals surface area contributed by atoms with Gasteiger partial charge in [-0.05, 0) is 29.5 Å². The standard InChI is InChI=1S/C12H17FO/c1-12(2,3)8-11(14)9-4-6-10(13)7-5-9/h4-7,11,14H,8H2,1-3H3. The average Bonchev–Trinajstić information content (AvgIpc) is 2.02. The third kappa shape index (κ3) is 3.46. The quantitative estimate of drug-likeness (QED) is 0.769. The molecule has 0 aromatic heterocycles. The van der Waals surface area contributed by atoms with E-state index in [1.54, 1.807) is 12.1 Å². The maximum absolute atomic E-state index is 12.6. The van der Waals surface area contributed by atoms with Crippen LogP contribution in [0.2, 0.25) is 0 Å². The second-order valence-corrected chi connectivity index (χ2v) is 4.83. The van der Waals surface area contributed by atoms with Crippen LogP contribution in [-0.4, -0.2) is 5.11 Å². The van der Waals surface area contributed by atoms with E-state index in [1.165, 1.54) is 12.1 Å². The third-order valence-corrected chi connectivity index (χ3v) is 2.06. The highest BCUT2D eigenvalue weighted by molar-refractivity contribution is 5.18. The van der Waals surface area contributed by atoms with Gasteiger partial charge in [0.25, 0.3) is 0 Å². The van der Waals surface area contributed by atoms with E-state index in [0.717, 1.165) is 5.56 Å². The summed E-state index contributed by atoms with van der Waals surface area (Å²) in [6, 6.07) is 6.01. The van der Waals surface area contributed by atoms with Gasteiger partial charge in [0.15, 0.2) is 0 Å². The predicted octanol–water partition coefficient (Wildman–Crippen LogP) is 3.30. The molecule has 2 heteroatoms. The van der Waals surface area contributed by atoms with Gasteiger partial charge in [0.05, 0.1) is 6.10 Å². The van der Waals surface area contributed by atoms with Crippen molar-refractivity contribution in [3.63, 3.8) is 0 Å². The van der Waals surface area contributed by atoms with Crippen molar-refractivity contribution in [1.29, 1.82) is 0 Å². The van der Waals surface area contributed by atoms with Gasteiger partial charge in [0.1, 0.15) is 5.82 Å². The molecule has 0 aliphatic rings. The Labute approximate surface area is 84.6 Å². The average molecular weight is 196 g/mol. The Hall–Kier alpha value is -0.890. The highest BCUT2D eigenvalue weighted by atomic mass is 19.1. The molecular weight excluding hydrogens is 179 g/mol. The number of benzene rings is 1. The van der Waals surface area contributed by atoms with Crippen molar-refractivity contribution in [2.45, 2.75) is 33.3 Å². The van der Waals surface area contributed by atoms with E-state index in [1.807, 2.05) is 0 Å². The summed E-state index contributed by atoms with van der Waals surface area (Å²) in [6.07, 6.45) is 0.175. The number of aliphatic hydroxyl groups is 1. The number of hydrogen-bond acceptors (Lipinski definition) is 1. The van der Waals surface area contributed by atoms with Gasteiger partial charge >= 0.3 is 0 Å². The fourth-order valence-electron chi connectivity index (χ4n) is 1.38. The largest absolute Gasteiger partial charge is 0.388 e. The monoisotopic (exact) mass is 196 g/mol. The molecule has 0 aliphatic carbocycles. The van der Waals surface area contributed by atoms with Crippen LogP contribution in [-0.2, 0) is 0 Å². The molecule has 0 amide bonds. The van der Waals surface area contributed by atoms with Gasteiger partial charge in [-0.1, -0.05) is 32.9 Å². The number of rotatable bonds is 2. The Morgan fingerprint density at radius 2 is 1.71 bits per heavy atom. The minimum Gasteiger partial charge on any atom is -0.388 e. The molecule has 0 fully saturated rings. The van der Waals surface area contributed by atoms with Crippen molar-refractivity contribution in [2.24, 2.45) is 5.41 Å². The van der Waals surface area contributed by atoms with Gasteiger partial charge in [-0.15, -0.1) is 0 Å². The minimum atomic E-state index is -0.504. The summed E-state index contributed by atoms with van der Waals surface area (Å²) in [5, 5.41) is 9.82. The molecular formula is C12H17FO. The Morgan fingerprint density at radius 1 is 1.21 bits per heavy atom. The topological polar surface area (TPSA) is 20.2 Å². The molecule has 1 atom stereocenters. The molecule has 0 heterocycles. The summed E-state index contributed by atoms with van der Waals surface area (Å²) < 4.78 is 12.6. The molecule has 1 aromatic rings. The summed E-state index contributed by atoms with van der Waals surface area (Å²) >= 11 is 0. The van der Waals surface area contributed by atoms with E-state index in [9.17, 15) is 9.50 Å². The molecule has 0 saturated heterocycles. The normalized spacial score (nSPS) is 14.1. The van der Waals surface area contributed by atoms with E-state index in [0.29, 0.717) is 6.42 Å². The highest BCUT2D eigenvalue weighted by Crippen LogP contribution is 2.29. The lowest BCUT2D eigenvalue weighted by Crippen LogP contribution is -2.11. The summed E-state index contributed by atoms with van der Waals surface area (Å²) in [4.78, 5) is 0. The van der Waals surface area contributed by atoms with E-state index in [4.69, 9.17) is 0 Å². The Kier molecular flexibility index (Phi) is 3.27. The maximum atomic E-state index is 12.6. The lowest BCUT2D eigenvalue weighted by Gasteiger charge is -2.22. The van der Waals surface area contributed by atoms with Crippen LogP contribution < -0.4 is 0 Å². The van der Waals surface area contributed by atoms with Crippen molar-refractivity contribution in [3.05, 3.63) is 35.6 Å². The van der Waals surface area contributed by atoms with Crippen LogP contribution in [0.3, 0.4) is 0 Å². The molecule has 1 rings (SSSR count). The third-order valence-electron chi connectivity index (χ3n) is 2.06. The molecule has 0 radical (unpaired) electrons. The van der Waals surface area contributed by atoms with Crippen LogP contribution >= 0.6 is 0 Å². The van der Waals surface area contributed by atoms with Crippen LogP contribution in [0.1, 0.15) is 38.9 Å². The summed E-state index contributed by atoms with van der Waals surface area (Å²) in [6.45, 7) is 6.21. The van der Waals surface area contributed by atoms with Crippen molar-refractivity contribution >= 4 is 0 Å². The molecule has 1 N–H and O–H groups in total. The van der Waals surface area contributed by atoms with E-state index in [-0.39, 0.29) is 11.2 Å². The van der Waals surface area contributed by atoms with Gasteiger partial charge in [-0.3, -0.25) is 0 Å². The molecule has 0 spiro atoms. The van der Waals surface area contributed by atoms with E-state index in [2.05, 4.69) is 20.8 Å². The lowest BCUT2D eigenvalue weighted by molar-refractivity contribution is 0.122.